The van der Waals surface area contributed by atoms with Crippen molar-refractivity contribution in [2.75, 3.05) is 13.7 Å². The number of aromatic nitrogens is 1. The molecule has 0 fully saturated rings. The molecule has 0 saturated carbocycles. The summed E-state index contributed by atoms with van der Waals surface area (Å²) in [4.78, 5) is 40.8. The molecule has 1 heterocycles. The second-order valence-corrected chi connectivity index (χ2v) is 8.82. The number of aryl methyl sites for hydroxylation is 1. The van der Waals surface area contributed by atoms with Gasteiger partial charge in [0.25, 0.3) is 11.8 Å². The molecule has 0 radical (unpaired) electrons. The molecule has 3 aromatic rings. The smallest absolute Gasteiger partial charge is 0.253 e. The first-order chi connectivity index (χ1) is 17.2. The molecule has 0 spiro atoms. The second kappa shape index (κ2) is 12.1. The molecule has 36 heavy (non-hydrogen) atoms. The Hall–Kier alpha value is -3.97. The Labute approximate surface area is 212 Å². The van der Waals surface area contributed by atoms with Crippen molar-refractivity contribution in [3.05, 3.63) is 93.8 Å². The highest BCUT2D eigenvalue weighted by Gasteiger charge is 2.19. The predicted octanol–water partition coefficient (Wildman–Crippen LogP) is 4.63. The fraction of sp³-hybridized carbons (Fsp3) is 0.276. The summed E-state index contributed by atoms with van der Waals surface area (Å²) in [5, 5.41) is 5.87. The first-order valence-electron chi connectivity index (χ1n) is 11.9. The van der Waals surface area contributed by atoms with E-state index in [0.717, 1.165) is 17.4 Å². The first kappa shape index (κ1) is 26.6. The fourth-order valence-corrected chi connectivity index (χ4v) is 3.95. The highest BCUT2D eigenvalue weighted by Crippen LogP contribution is 2.24. The van der Waals surface area contributed by atoms with Crippen LogP contribution in [0.25, 0.3) is 11.6 Å². The molecular weight excluding hydrogens is 454 g/mol. The maximum absolute atomic E-state index is 12.9. The molecule has 3 N–H and O–H groups in total. The number of hydrogen-bond donors (Lipinski definition) is 3. The molecule has 2 amide bonds. The molecule has 3 rings (SSSR count). The molecule has 0 aliphatic heterocycles. The minimum atomic E-state index is -0.227. The van der Waals surface area contributed by atoms with E-state index in [1.54, 1.807) is 37.5 Å². The highest BCUT2D eigenvalue weighted by atomic mass is 16.5. The van der Waals surface area contributed by atoms with E-state index in [1.807, 2.05) is 58.0 Å². The van der Waals surface area contributed by atoms with Gasteiger partial charge >= 0.3 is 0 Å². The number of carbonyl (C=O) groups is 3. The molecule has 7 nitrogen and oxygen atoms in total. The Balaban J connectivity index is 1.83. The molecule has 0 saturated heterocycles. The average Bonchev–Trinajstić information content (AvgIpc) is 3.18. The lowest BCUT2D eigenvalue weighted by Gasteiger charge is -2.14. The average molecular weight is 488 g/mol. The quantitative estimate of drug-likeness (QED) is 0.287. The number of aromatic amines is 1. The van der Waals surface area contributed by atoms with Gasteiger partial charge in [-0.05, 0) is 62.6 Å². The number of methoxy groups -OCH3 is 1. The lowest BCUT2D eigenvalue weighted by atomic mass is 10.0. The van der Waals surface area contributed by atoms with Crippen molar-refractivity contribution in [3.63, 3.8) is 0 Å². The van der Waals surface area contributed by atoms with Crippen LogP contribution in [-0.2, 0) is 9.53 Å². The zero-order valence-corrected chi connectivity index (χ0v) is 21.3. The van der Waals surface area contributed by atoms with Crippen LogP contribution in [0.1, 0.15) is 68.7 Å². The monoisotopic (exact) mass is 487 g/mol. The van der Waals surface area contributed by atoms with Crippen LogP contribution in [0.4, 0.5) is 0 Å². The summed E-state index contributed by atoms with van der Waals surface area (Å²) in [5.41, 5.74) is 5.10. The largest absolute Gasteiger partial charge is 0.380 e. The zero-order chi connectivity index (χ0) is 26.2. The van der Waals surface area contributed by atoms with E-state index in [1.165, 1.54) is 0 Å². The Morgan fingerprint density at radius 1 is 1.00 bits per heavy atom. The van der Waals surface area contributed by atoms with E-state index in [2.05, 4.69) is 15.6 Å². The van der Waals surface area contributed by atoms with Gasteiger partial charge in [0.05, 0.1) is 17.7 Å². The number of nitrogens with one attached hydrogen (secondary N) is 3. The Morgan fingerprint density at radius 2 is 1.69 bits per heavy atom. The SMILES string of the molecule is CO[C@H](C)CNC(=O)c1c(C)[nH]c(/C=C(\C=O)c2cccc(C(=O)NC(C)c3ccccc3)c2)c1C. The predicted molar refractivity (Wildman–Crippen MR) is 142 cm³/mol. The Morgan fingerprint density at radius 3 is 2.36 bits per heavy atom. The van der Waals surface area contributed by atoms with Crippen molar-refractivity contribution < 1.29 is 19.1 Å². The van der Waals surface area contributed by atoms with Gasteiger partial charge in [-0.25, -0.2) is 0 Å². The van der Waals surface area contributed by atoms with Gasteiger partial charge in [0, 0.05) is 36.2 Å². The van der Waals surface area contributed by atoms with Crippen LogP contribution in [0.5, 0.6) is 0 Å². The Kier molecular flexibility index (Phi) is 8.97. The lowest BCUT2D eigenvalue weighted by Crippen LogP contribution is -2.32. The summed E-state index contributed by atoms with van der Waals surface area (Å²) in [7, 11) is 1.59. The Bertz CT molecular complexity index is 1260. The molecule has 2 aromatic carbocycles. The third kappa shape index (κ3) is 6.37. The van der Waals surface area contributed by atoms with Gasteiger partial charge in [-0.15, -0.1) is 0 Å². The lowest BCUT2D eigenvalue weighted by molar-refractivity contribution is -0.103. The van der Waals surface area contributed by atoms with Crippen LogP contribution in [0.3, 0.4) is 0 Å². The number of benzene rings is 2. The van der Waals surface area contributed by atoms with Gasteiger partial charge < -0.3 is 20.4 Å². The van der Waals surface area contributed by atoms with Gasteiger partial charge in [-0.1, -0.05) is 42.5 Å². The number of aldehydes is 1. The number of ether oxygens (including phenoxy) is 1. The molecule has 1 unspecified atom stereocenters. The van der Waals surface area contributed by atoms with Crippen molar-refractivity contribution in [1.29, 1.82) is 0 Å². The van der Waals surface area contributed by atoms with E-state index < -0.39 is 0 Å². The van der Waals surface area contributed by atoms with Crippen LogP contribution in [0, 0.1) is 13.8 Å². The summed E-state index contributed by atoms with van der Waals surface area (Å²) in [6, 6.07) is 16.5. The van der Waals surface area contributed by atoms with Crippen LogP contribution >= 0.6 is 0 Å². The minimum Gasteiger partial charge on any atom is -0.380 e. The molecule has 188 valence electrons. The molecule has 0 bridgehead atoms. The molecule has 1 aromatic heterocycles. The second-order valence-electron chi connectivity index (χ2n) is 8.82. The summed E-state index contributed by atoms with van der Waals surface area (Å²) in [5.74, 6) is -0.432. The van der Waals surface area contributed by atoms with E-state index >= 15 is 0 Å². The molecule has 0 aliphatic rings. The third-order valence-electron chi connectivity index (χ3n) is 6.19. The van der Waals surface area contributed by atoms with E-state index in [0.29, 0.717) is 40.2 Å². The van der Waals surface area contributed by atoms with Crippen molar-refractivity contribution >= 4 is 29.7 Å². The van der Waals surface area contributed by atoms with E-state index in [4.69, 9.17) is 4.74 Å². The fourth-order valence-electron chi connectivity index (χ4n) is 3.95. The maximum Gasteiger partial charge on any atom is 0.253 e. The highest BCUT2D eigenvalue weighted by molar-refractivity contribution is 6.14. The number of allylic oxidation sites excluding steroid dienone is 1. The van der Waals surface area contributed by atoms with Gasteiger partial charge in [0.1, 0.15) is 0 Å². The van der Waals surface area contributed by atoms with Crippen molar-refractivity contribution in [2.24, 2.45) is 0 Å². The van der Waals surface area contributed by atoms with Gasteiger partial charge in [-0.2, -0.15) is 0 Å². The number of amides is 2. The number of hydrogen-bond acceptors (Lipinski definition) is 4. The van der Waals surface area contributed by atoms with Gasteiger partial charge in [-0.3, -0.25) is 14.4 Å². The minimum absolute atomic E-state index is 0.102. The standard InChI is InChI=1S/C29H33N3O4/c1-18(36-5)16-30-29(35)27-19(2)26(31-21(27)4)15-25(17-33)23-12-9-13-24(14-23)28(34)32-20(3)22-10-7-6-8-11-22/h6-15,17-18,20,31H,16H2,1-5H3,(H,30,35)(H,32,34)/b25-15+/t18-,20?/m1/s1. The molecular formula is C29H33N3O4. The van der Waals surface area contributed by atoms with Crippen LogP contribution < -0.4 is 10.6 Å². The van der Waals surface area contributed by atoms with Crippen molar-refractivity contribution in [3.8, 4) is 0 Å². The number of H-pyrrole nitrogens is 1. The molecule has 7 heteroatoms. The summed E-state index contributed by atoms with van der Waals surface area (Å²) < 4.78 is 5.19. The topological polar surface area (TPSA) is 100 Å². The van der Waals surface area contributed by atoms with Crippen molar-refractivity contribution in [2.45, 2.75) is 39.8 Å². The van der Waals surface area contributed by atoms with Crippen molar-refractivity contribution in [1.82, 2.24) is 15.6 Å². The van der Waals surface area contributed by atoms with Crippen LogP contribution in [0.15, 0.2) is 54.6 Å². The van der Waals surface area contributed by atoms with E-state index in [-0.39, 0.29) is 24.0 Å². The van der Waals surface area contributed by atoms with Gasteiger partial charge in [0.15, 0.2) is 6.29 Å². The maximum atomic E-state index is 12.9. The number of carbonyl (C=O) groups excluding carboxylic acids is 3. The summed E-state index contributed by atoms with van der Waals surface area (Å²) in [6.07, 6.45) is 2.35. The zero-order valence-electron chi connectivity index (χ0n) is 21.3. The summed E-state index contributed by atoms with van der Waals surface area (Å²) >= 11 is 0. The van der Waals surface area contributed by atoms with Crippen LogP contribution in [-0.4, -0.2) is 42.8 Å². The summed E-state index contributed by atoms with van der Waals surface area (Å²) in [6.45, 7) is 7.84. The molecule has 0 aliphatic carbocycles. The van der Waals surface area contributed by atoms with E-state index in [9.17, 15) is 14.4 Å². The molecule has 2 atom stereocenters. The normalized spacial score (nSPS) is 13.1. The third-order valence-corrected chi connectivity index (χ3v) is 6.19. The van der Waals surface area contributed by atoms with Gasteiger partial charge in [0.2, 0.25) is 0 Å². The first-order valence-corrected chi connectivity index (χ1v) is 11.9. The number of rotatable bonds is 10. The van der Waals surface area contributed by atoms with Crippen LogP contribution in [0.2, 0.25) is 0 Å².